The quantitative estimate of drug-likeness (QED) is 0.764. The maximum Gasteiger partial charge on any atom is 0.418 e. The van der Waals surface area contributed by atoms with Gasteiger partial charge in [0.1, 0.15) is 5.56 Å². The number of pyridine rings is 1. The number of methoxy groups -OCH3 is 2. The van der Waals surface area contributed by atoms with Crippen molar-refractivity contribution >= 4 is 5.97 Å². The van der Waals surface area contributed by atoms with Crippen LogP contribution in [0.1, 0.15) is 27.0 Å². The number of nitrogens with zero attached hydrogens (tertiary/aromatic N) is 2. The van der Waals surface area contributed by atoms with Crippen LogP contribution in [-0.4, -0.2) is 25.2 Å². The molecule has 0 aliphatic heterocycles. The van der Waals surface area contributed by atoms with Crippen LogP contribution in [0, 0.1) is 18.3 Å². The maximum atomic E-state index is 13.1. The van der Waals surface area contributed by atoms with Gasteiger partial charge < -0.3 is 14.2 Å². The first-order valence-electron chi connectivity index (χ1n) is 7.14. The molecule has 1 aromatic carbocycles. The molecule has 0 aliphatic carbocycles. The van der Waals surface area contributed by atoms with Crippen molar-refractivity contribution in [1.29, 1.82) is 5.26 Å². The minimum absolute atomic E-state index is 0.0725. The topological polar surface area (TPSA) is 81.4 Å². The number of halogens is 3. The normalized spacial score (nSPS) is 10.8. The van der Waals surface area contributed by atoms with Crippen LogP contribution in [0.3, 0.4) is 0 Å². The molecule has 136 valence electrons. The molecule has 0 fully saturated rings. The molecule has 0 amide bonds. The van der Waals surface area contributed by atoms with Crippen LogP contribution in [0.2, 0.25) is 0 Å². The van der Waals surface area contributed by atoms with Gasteiger partial charge in [0.25, 0.3) is 0 Å². The van der Waals surface area contributed by atoms with E-state index < -0.39 is 23.3 Å². The Morgan fingerprint density at radius 2 is 1.92 bits per heavy atom. The number of hydrogen-bond acceptors (Lipinski definition) is 6. The molecule has 0 unspecified atom stereocenters. The third-order valence-corrected chi connectivity index (χ3v) is 3.50. The van der Waals surface area contributed by atoms with Gasteiger partial charge in [0.15, 0.2) is 11.5 Å². The summed E-state index contributed by atoms with van der Waals surface area (Å²) in [6.07, 6.45) is -4.11. The Kier molecular flexibility index (Phi) is 5.35. The summed E-state index contributed by atoms with van der Waals surface area (Å²) in [5.41, 5.74) is -1.60. The molecular weight excluding hydrogens is 353 g/mol. The van der Waals surface area contributed by atoms with E-state index in [9.17, 15) is 18.0 Å². The van der Waals surface area contributed by atoms with E-state index in [0.717, 1.165) is 14.0 Å². The zero-order valence-corrected chi connectivity index (χ0v) is 14.0. The van der Waals surface area contributed by atoms with E-state index in [1.807, 2.05) is 6.07 Å². The van der Waals surface area contributed by atoms with Crippen molar-refractivity contribution in [2.24, 2.45) is 0 Å². The molecule has 0 bridgehead atoms. The lowest BCUT2D eigenvalue weighted by molar-refractivity contribution is -0.138. The van der Waals surface area contributed by atoms with Crippen molar-refractivity contribution in [3.63, 3.8) is 0 Å². The Bertz CT molecular complexity index is 889. The van der Waals surface area contributed by atoms with Crippen molar-refractivity contribution in [1.82, 2.24) is 4.98 Å². The van der Waals surface area contributed by atoms with E-state index in [1.54, 1.807) is 0 Å². The lowest BCUT2D eigenvalue weighted by Crippen LogP contribution is -2.15. The van der Waals surface area contributed by atoms with Crippen LogP contribution < -0.4 is 9.47 Å². The van der Waals surface area contributed by atoms with Gasteiger partial charge in [0, 0.05) is 12.3 Å². The van der Waals surface area contributed by atoms with Gasteiger partial charge in [0.2, 0.25) is 5.88 Å². The highest BCUT2D eigenvalue weighted by atomic mass is 19.4. The monoisotopic (exact) mass is 366 g/mol. The highest BCUT2D eigenvalue weighted by Crippen LogP contribution is 2.38. The highest BCUT2D eigenvalue weighted by Gasteiger charge is 2.36. The smallest absolute Gasteiger partial charge is 0.418 e. The number of rotatable bonds is 4. The fraction of sp³-hybridized carbons (Fsp3) is 0.235. The summed E-state index contributed by atoms with van der Waals surface area (Å²) in [7, 11) is 2.37. The fourth-order valence-corrected chi connectivity index (χ4v) is 2.21. The zero-order chi connectivity index (χ0) is 19.5. The molecule has 26 heavy (non-hydrogen) atoms. The van der Waals surface area contributed by atoms with E-state index in [1.165, 1.54) is 25.3 Å². The van der Waals surface area contributed by atoms with Crippen molar-refractivity contribution in [3.8, 4) is 23.4 Å². The molecule has 0 spiro atoms. The van der Waals surface area contributed by atoms with E-state index in [0.29, 0.717) is 11.8 Å². The average molecular weight is 366 g/mol. The van der Waals surface area contributed by atoms with E-state index in [4.69, 9.17) is 14.7 Å². The van der Waals surface area contributed by atoms with Crippen molar-refractivity contribution in [2.75, 3.05) is 14.2 Å². The molecular formula is C17H13F3N2O4. The van der Waals surface area contributed by atoms with Crippen molar-refractivity contribution < 1.29 is 32.2 Å². The Morgan fingerprint density at radius 1 is 1.23 bits per heavy atom. The van der Waals surface area contributed by atoms with Crippen LogP contribution in [0.15, 0.2) is 24.4 Å². The number of carbonyl (C=O) groups excluding carboxylic acids is 1. The summed E-state index contributed by atoms with van der Waals surface area (Å²) >= 11 is 0. The van der Waals surface area contributed by atoms with Crippen molar-refractivity contribution in [2.45, 2.75) is 13.1 Å². The number of nitriles is 1. The molecule has 0 saturated carbocycles. The number of aromatic nitrogens is 1. The standard InChI is InChI=1S/C17H13F3N2O4/c1-9-11(17(18,19)20)8-22-15(14(9)16(23)25-3)26-12-5-4-10(7-21)6-13(12)24-2/h4-6,8H,1-3H3. The number of alkyl halides is 3. The number of hydrogen-bond donors (Lipinski definition) is 0. The number of benzene rings is 1. The maximum absolute atomic E-state index is 13.1. The van der Waals surface area contributed by atoms with Gasteiger partial charge in [-0.2, -0.15) is 18.4 Å². The van der Waals surface area contributed by atoms with Crippen LogP contribution in [-0.2, 0) is 10.9 Å². The van der Waals surface area contributed by atoms with Crippen molar-refractivity contribution in [3.05, 3.63) is 46.6 Å². The summed E-state index contributed by atoms with van der Waals surface area (Å²) in [6, 6.07) is 6.10. The first-order chi connectivity index (χ1) is 12.2. The lowest BCUT2D eigenvalue weighted by Gasteiger charge is -2.16. The Labute approximate surface area is 146 Å². The molecule has 2 aromatic rings. The van der Waals surface area contributed by atoms with Gasteiger partial charge >= 0.3 is 12.1 Å². The molecule has 0 radical (unpaired) electrons. The van der Waals surface area contributed by atoms with Crippen LogP contribution in [0.5, 0.6) is 17.4 Å². The van der Waals surface area contributed by atoms with Gasteiger partial charge in [-0.05, 0) is 24.6 Å². The lowest BCUT2D eigenvalue weighted by atomic mass is 10.1. The number of ether oxygens (including phenoxy) is 3. The predicted octanol–water partition coefficient (Wildman–Crippen LogP) is 3.87. The zero-order valence-electron chi connectivity index (χ0n) is 14.0. The van der Waals surface area contributed by atoms with Crippen LogP contribution >= 0.6 is 0 Å². The molecule has 0 aliphatic rings. The second-order valence-corrected chi connectivity index (χ2v) is 5.05. The molecule has 1 heterocycles. The summed E-state index contributed by atoms with van der Waals surface area (Å²) in [4.78, 5) is 15.6. The van der Waals surface area contributed by atoms with Crippen LogP contribution in [0.25, 0.3) is 0 Å². The van der Waals surface area contributed by atoms with E-state index in [-0.39, 0.29) is 22.9 Å². The minimum atomic E-state index is -4.69. The SMILES string of the molecule is COC(=O)c1c(Oc2ccc(C#N)cc2OC)ncc(C(F)(F)F)c1C. The second kappa shape index (κ2) is 7.31. The summed E-state index contributed by atoms with van der Waals surface area (Å²) in [5, 5.41) is 8.90. The van der Waals surface area contributed by atoms with Gasteiger partial charge in [-0.25, -0.2) is 9.78 Å². The molecule has 0 N–H and O–H groups in total. The average Bonchev–Trinajstić information content (AvgIpc) is 2.60. The van der Waals surface area contributed by atoms with Gasteiger partial charge in [-0.3, -0.25) is 0 Å². The molecule has 9 heteroatoms. The molecule has 2 rings (SSSR count). The summed E-state index contributed by atoms with van der Waals surface area (Å²) in [5.74, 6) is -1.17. The Hall–Kier alpha value is -3.28. The Balaban J connectivity index is 2.59. The predicted molar refractivity (Wildman–Crippen MR) is 83.1 cm³/mol. The molecule has 0 atom stereocenters. The van der Waals surface area contributed by atoms with Crippen LogP contribution in [0.4, 0.5) is 13.2 Å². The molecule has 0 saturated heterocycles. The summed E-state index contributed by atoms with van der Waals surface area (Å²) in [6.45, 7) is 1.12. The van der Waals surface area contributed by atoms with Gasteiger partial charge in [-0.15, -0.1) is 0 Å². The fourth-order valence-electron chi connectivity index (χ4n) is 2.21. The summed E-state index contributed by atoms with van der Waals surface area (Å²) < 4.78 is 54.4. The molecule has 1 aromatic heterocycles. The number of esters is 1. The molecule has 6 nitrogen and oxygen atoms in total. The van der Waals surface area contributed by atoms with Gasteiger partial charge in [-0.1, -0.05) is 0 Å². The first-order valence-corrected chi connectivity index (χ1v) is 7.14. The number of carbonyl (C=O) groups is 1. The Morgan fingerprint density at radius 3 is 2.46 bits per heavy atom. The largest absolute Gasteiger partial charge is 0.493 e. The highest BCUT2D eigenvalue weighted by molar-refractivity contribution is 5.94. The van der Waals surface area contributed by atoms with E-state index in [2.05, 4.69) is 9.72 Å². The third kappa shape index (κ3) is 3.69. The second-order valence-electron chi connectivity index (χ2n) is 5.05. The third-order valence-electron chi connectivity index (χ3n) is 3.50. The first kappa shape index (κ1) is 19.1. The van der Waals surface area contributed by atoms with E-state index >= 15 is 0 Å². The minimum Gasteiger partial charge on any atom is -0.493 e. The van der Waals surface area contributed by atoms with Gasteiger partial charge in [0.05, 0.1) is 31.4 Å².